The molecule has 0 aliphatic carbocycles. The van der Waals surface area contributed by atoms with Crippen molar-refractivity contribution in [2.24, 2.45) is 0 Å². The number of hydrogen-bond donors (Lipinski definition) is 4. The predicted molar refractivity (Wildman–Crippen MR) is 109 cm³/mol. The third-order valence-corrected chi connectivity index (χ3v) is 5.99. The minimum atomic E-state index is -1.24. The highest BCUT2D eigenvalue weighted by Crippen LogP contribution is 2.41. The van der Waals surface area contributed by atoms with Crippen molar-refractivity contribution in [3.05, 3.63) is 23.2 Å². The zero-order valence-electron chi connectivity index (χ0n) is 17.0. The van der Waals surface area contributed by atoms with Crippen LogP contribution >= 0.6 is 11.8 Å². The second-order valence-electron chi connectivity index (χ2n) is 6.82. The summed E-state index contributed by atoms with van der Waals surface area (Å²) >= 11 is 1.39. The Hall–Kier alpha value is -3.22. The molecule has 168 valence electrons. The number of carboxylic acid groups (broad SMARTS) is 1. The maximum absolute atomic E-state index is 12.7. The number of nitrogens with zero attached hydrogens (tertiary/aromatic N) is 2. The second kappa shape index (κ2) is 9.73. The number of aromatic nitrogens is 2. The van der Waals surface area contributed by atoms with E-state index in [9.17, 15) is 24.3 Å². The van der Waals surface area contributed by atoms with E-state index in [0.717, 1.165) is 5.69 Å². The monoisotopic (exact) mass is 453 g/mol. The normalized spacial score (nSPS) is 19.9. The molecule has 3 heterocycles. The first-order valence-corrected chi connectivity index (χ1v) is 10.5. The number of carbonyl (C=O) groups excluding carboxylic acids is 3. The minimum absolute atomic E-state index is 0.135. The van der Waals surface area contributed by atoms with Crippen LogP contribution in [0.5, 0.6) is 0 Å². The van der Waals surface area contributed by atoms with Crippen molar-refractivity contribution in [1.82, 2.24) is 20.2 Å². The zero-order chi connectivity index (χ0) is 22.5. The quantitative estimate of drug-likeness (QED) is 0.232. The number of aryl methyl sites for hydroxylation is 1. The lowest BCUT2D eigenvalue weighted by molar-refractivity contribution is -0.147. The van der Waals surface area contributed by atoms with Crippen molar-refractivity contribution >= 4 is 41.6 Å². The molecule has 0 saturated carbocycles. The molecule has 13 heteroatoms. The van der Waals surface area contributed by atoms with Gasteiger partial charge in [0.15, 0.2) is 0 Å². The molecule has 1 aromatic heterocycles. The SMILES string of the molecule is CNC(=O)OCCCc1cnc(NC2C(=O)N3C(C(=O)O)=C(COC(C)=O)CS[C@@H]23)[nH]1. The fourth-order valence-corrected chi connectivity index (χ4v) is 4.52. The van der Waals surface area contributed by atoms with Gasteiger partial charge < -0.3 is 30.2 Å². The number of H-pyrrole nitrogens is 1. The van der Waals surface area contributed by atoms with Gasteiger partial charge in [-0.15, -0.1) is 11.8 Å². The lowest BCUT2D eigenvalue weighted by atomic mass is 10.0. The van der Waals surface area contributed by atoms with Crippen molar-refractivity contribution in [2.75, 3.05) is 31.3 Å². The Morgan fingerprint density at radius 1 is 1.39 bits per heavy atom. The summed E-state index contributed by atoms with van der Waals surface area (Å²) < 4.78 is 9.84. The number of aliphatic carboxylic acids is 1. The number of rotatable bonds is 9. The van der Waals surface area contributed by atoms with E-state index in [4.69, 9.17) is 9.47 Å². The van der Waals surface area contributed by atoms with Gasteiger partial charge in [-0.2, -0.15) is 0 Å². The molecule has 12 nitrogen and oxygen atoms in total. The van der Waals surface area contributed by atoms with Gasteiger partial charge in [0, 0.05) is 31.0 Å². The van der Waals surface area contributed by atoms with Crippen molar-refractivity contribution < 1.29 is 33.8 Å². The van der Waals surface area contributed by atoms with Crippen LogP contribution in [0.25, 0.3) is 0 Å². The predicted octanol–water partition coefficient (Wildman–Crippen LogP) is 0.296. The number of carbonyl (C=O) groups is 4. The standard InChI is InChI=1S/C18H23N5O7S/c1-9(24)30-7-10-8-31-15-12(14(25)23(15)13(10)16(26)27)22-17-20-6-11(21-17)4-3-5-29-18(28)19-2/h6,12,15H,3-5,7-8H2,1-2H3,(H,19,28)(H,26,27)(H2,20,21,22)/t12?,15-/m0/s1. The summed E-state index contributed by atoms with van der Waals surface area (Å²) in [6, 6.07) is -0.634. The van der Waals surface area contributed by atoms with E-state index < -0.39 is 35.4 Å². The molecule has 4 N–H and O–H groups in total. The third-order valence-electron chi connectivity index (χ3n) is 4.65. The van der Waals surface area contributed by atoms with Crippen LogP contribution in [0.4, 0.5) is 10.7 Å². The smallest absolute Gasteiger partial charge is 0.406 e. The number of esters is 1. The molecular formula is C18H23N5O7S. The Bertz CT molecular complexity index is 915. The number of carboxylic acids is 1. The Labute approximate surface area is 181 Å². The largest absolute Gasteiger partial charge is 0.477 e. The molecule has 31 heavy (non-hydrogen) atoms. The molecule has 0 bridgehead atoms. The molecule has 0 aromatic carbocycles. The summed E-state index contributed by atoms with van der Waals surface area (Å²) in [5.41, 5.74) is 1.05. The average Bonchev–Trinajstić information content (AvgIpc) is 3.19. The van der Waals surface area contributed by atoms with Gasteiger partial charge in [-0.25, -0.2) is 14.6 Å². The van der Waals surface area contributed by atoms with Gasteiger partial charge in [0.2, 0.25) is 5.95 Å². The first kappa shape index (κ1) is 22.5. The van der Waals surface area contributed by atoms with Crippen LogP contribution < -0.4 is 10.6 Å². The molecule has 1 aromatic rings. The number of aromatic amines is 1. The minimum Gasteiger partial charge on any atom is -0.477 e. The van der Waals surface area contributed by atoms with Gasteiger partial charge >= 0.3 is 18.0 Å². The number of nitrogens with one attached hydrogen (secondary N) is 3. The molecular weight excluding hydrogens is 430 g/mol. The van der Waals surface area contributed by atoms with Crippen LogP contribution in [0.1, 0.15) is 19.0 Å². The van der Waals surface area contributed by atoms with Crippen LogP contribution in [-0.4, -0.2) is 81.3 Å². The summed E-state index contributed by atoms with van der Waals surface area (Å²) in [5, 5.41) is 14.5. The van der Waals surface area contributed by atoms with Gasteiger partial charge in [-0.1, -0.05) is 0 Å². The van der Waals surface area contributed by atoms with E-state index in [1.807, 2.05) is 0 Å². The number of ether oxygens (including phenoxy) is 2. The molecule has 3 rings (SSSR count). The van der Waals surface area contributed by atoms with Crippen LogP contribution in [0.2, 0.25) is 0 Å². The number of anilines is 1. The van der Waals surface area contributed by atoms with E-state index >= 15 is 0 Å². The van der Waals surface area contributed by atoms with E-state index in [2.05, 4.69) is 20.6 Å². The number of thioether (sulfide) groups is 1. The van der Waals surface area contributed by atoms with Crippen molar-refractivity contribution in [1.29, 1.82) is 0 Å². The van der Waals surface area contributed by atoms with E-state index in [1.165, 1.54) is 30.6 Å². The summed E-state index contributed by atoms with van der Waals surface area (Å²) in [4.78, 5) is 54.9. The number of β-lactam (4-membered cyclic amide) rings is 1. The lowest BCUT2D eigenvalue weighted by Gasteiger charge is -2.49. The lowest BCUT2D eigenvalue weighted by Crippen LogP contribution is -2.67. The Morgan fingerprint density at radius 3 is 2.84 bits per heavy atom. The summed E-state index contributed by atoms with van der Waals surface area (Å²) in [5.74, 6) is -1.43. The number of fused-ring (bicyclic) bond motifs is 1. The highest BCUT2D eigenvalue weighted by molar-refractivity contribution is 8.00. The number of amides is 2. The van der Waals surface area contributed by atoms with Crippen LogP contribution in [0.3, 0.4) is 0 Å². The summed E-state index contributed by atoms with van der Waals surface area (Å²) in [7, 11) is 1.48. The molecule has 2 aliphatic rings. The van der Waals surface area contributed by atoms with Gasteiger partial charge in [-0.3, -0.25) is 14.5 Å². The Kier molecular flexibility index (Phi) is 7.05. The summed E-state index contributed by atoms with van der Waals surface area (Å²) in [6.07, 6.45) is 2.33. The maximum atomic E-state index is 12.7. The van der Waals surface area contributed by atoms with E-state index in [0.29, 0.717) is 30.1 Å². The number of alkyl carbamates (subject to hydrolysis) is 1. The molecule has 2 amide bonds. The van der Waals surface area contributed by atoms with Crippen molar-refractivity contribution in [3.8, 4) is 0 Å². The molecule has 2 atom stereocenters. The molecule has 1 unspecified atom stereocenters. The topological polar surface area (TPSA) is 163 Å². The van der Waals surface area contributed by atoms with E-state index in [-0.39, 0.29) is 18.9 Å². The first-order chi connectivity index (χ1) is 14.8. The van der Waals surface area contributed by atoms with Gasteiger partial charge in [0.05, 0.1) is 12.8 Å². The highest BCUT2D eigenvalue weighted by atomic mass is 32.2. The zero-order valence-corrected chi connectivity index (χ0v) is 17.8. The highest BCUT2D eigenvalue weighted by Gasteiger charge is 2.54. The number of hydrogen-bond acceptors (Lipinski definition) is 9. The Morgan fingerprint density at radius 2 is 2.16 bits per heavy atom. The van der Waals surface area contributed by atoms with Crippen molar-refractivity contribution in [2.45, 2.75) is 31.2 Å². The van der Waals surface area contributed by atoms with Gasteiger partial charge in [-0.05, 0) is 12.8 Å². The molecule has 2 aliphatic heterocycles. The number of imidazole rings is 1. The van der Waals surface area contributed by atoms with Crippen LogP contribution in [0.15, 0.2) is 17.5 Å². The van der Waals surface area contributed by atoms with E-state index in [1.54, 1.807) is 6.20 Å². The van der Waals surface area contributed by atoms with Gasteiger partial charge in [0.25, 0.3) is 5.91 Å². The fraction of sp³-hybridized carbons (Fsp3) is 0.500. The Balaban J connectivity index is 1.58. The van der Waals surface area contributed by atoms with Gasteiger partial charge in [0.1, 0.15) is 23.7 Å². The summed E-state index contributed by atoms with van der Waals surface area (Å²) in [6.45, 7) is 1.33. The molecule has 1 fully saturated rings. The first-order valence-electron chi connectivity index (χ1n) is 9.50. The maximum Gasteiger partial charge on any atom is 0.406 e. The van der Waals surface area contributed by atoms with Crippen LogP contribution in [0, 0.1) is 0 Å². The van der Waals surface area contributed by atoms with Crippen LogP contribution in [-0.2, 0) is 30.3 Å². The molecule has 0 spiro atoms. The molecule has 0 radical (unpaired) electrons. The molecule has 1 saturated heterocycles. The fourth-order valence-electron chi connectivity index (χ4n) is 3.19. The average molecular weight is 453 g/mol. The third kappa shape index (κ3) is 5.10. The second-order valence-corrected chi connectivity index (χ2v) is 7.92. The van der Waals surface area contributed by atoms with Crippen molar-refractivity contribution in [3.63, 3.8) is 0 Å².